The molecule has 3 N–H and O–H groups in total. The summed E-state index contributed by atoms with van der Waals surface area (Å²) in [5, 5.41) is 14.5. The Morgan fingerprint density at radius 1 is 1.14 bits per heavy atom. The molecule has 2 aromatic heterocycles. The molecule has 2 saturated heterocycles. The molecule has 3 aromatic rings. The summed E-state index contributed by atoms with van der Waals surface area (Å²) in [6, 6.07) is 5.72. The average Bonchev–Trinajstić information content (AvgIpc) is 3.24. The molecule has 2 fully saturated rings. The van der Waals surface area contributed by atoms with Gasteiger partial charge in [-0.25, -0.2) is 9.37 Å². The predicted molar refractivity (Wildman–Crippen MR) is 112 cm³/mol. The molecule has 152 valence electrons. The van der Waals surface area contributed by atoms with Crippen LogP contribution in [0, 0.1) is 17.7 Å². The maximum atomic E-state index is 14.4. The van der Waals surface area contributed by atoms with E-state index in [9.17, 15) is 4.39 Å². The van der Waals surface area contributed by atoms with Gasteiger partial charge in [-0.1, -0.05) is 0 Å². The number of halogens is 1. The minimum atomic E-state index is -0.453. The number of hydrogen-bond acceptors (Lipinski definition) is 6. The highest BCUT2D eigenvalue weighted by Gasteiger charge is 2.29. The van der Waals surface area contributed by atoms with Crippen LogP contribution >= 0.6 is 0 Å². The van der Waals surface area contributed by atoms with Gasteiger partial charge in [0.25, 0.3) is 0 Å². The van der Waals surface area contributed by atoms with Gasteiger partial charge in [-0.3, -0.25) is 5.10 Å². The Morgan fingerprint density at radius 2 is 2.07 bits per heavy atom. The molecule has 2 aliphatic heterocycles. The van der Waals surface area contributed by atoms with Crippen molar-refractivity contribution in [2.75, 3.05) is 36.4 Å². The summed E-state index contributed by atoms with van der Waals surface area (Å²) in [4.78, 5) is 11.0. The van der Waals surface area contributed by atoms with Crippen molar-refractivity contribution in [3.8, 4) is 0 Å². The molecule has 0 saturated carbocycles. The summed E-state index contributed by atoms with van der Waals surface area (Å²) < 4.78 is 14.4. The maximum absolute atomic E-state index is 14.4. The lowest BCUT2D eigenvalue weighted by Crippen LogP contribution is -2.43. The second kappa shape index (κ2) is 7.94. The van der Waals surface area contributed by atoms with Gasteiger partial charge in [0.05, 0.1) is 17.9 Å². The van der Waals surface area contributed by atoms with E-state index in [2.05, 4.69) is 35.7 Å². The van der Waals surface area contributed by atoms with E-state index >= 15 is 0 Å². The molecule has 0 bridgehead atoms. The SMILES string of the molecule is Fc1cnc(N2CCCC(C3CCCNC3)C2)nc1Nc1ccc2[nH]ncc2c1. The largest absolute Gasteiger partial charge is 0.340 e. The standard InChI is InChI=1S/C21H26FN7/c22-18-12-24-21(29-8-2-4-15(13-29)14-3-1-7-23-10-14)27-20(18)26-17-5-6-19-16(9-17)11-25-28-19/h5-6,9,11-12,14-15,23H,1-4,7-8,10,13H2,(H,25,28)(H,24,26,27). The zero-order chi connectivity index (χ0) is 19.6. The van der Waals surface area contributed by atoms with Crippen LogP contribution in [-0.2, 0) is 0 Å². The number of nitrogens with one attached hydrogen (secondary N) is 3. The Kier molecular flexibility index (Phi) is 5.01. The number of benzene rings is 1. The number of nitrogens with zero attached hydrogens (tertiary/aromatic N) is 4. The number of piperidine rings is 2. The van der Waals surface area contributed by atoms with Crippen molar-refractivity contribution in [2.24, 2.45) is 11.8 Å². The average molecular weight is 395 g/mol. The molecule has 7 nitrogen and oxygen atoms in total. The van der Waals surface area contributed by atoms with Crippen LogP contribution in [0.2, 0.25) is 0 Å². The fraction of sp³-hybridized carbons (Fsp3) is 0.476. The summed E-state index contributed by atoms with van der Waals surface area (Å²) in [7, 11) is 0. The van der Waals surface area contributed by atoms with E-state index in [4.69, 9.17) is 0 Å². The van der Waals surface area contributed by atoms with Gasteiger partial charge in [0.15, 0.2) is 11.6 Å². The first-order valence-corrected chi connectivity index (χ1v) is 10.4. The van der Waals surface area contributed by atoms with E-state index in [-0.39, 0.29) is 5.82 Å². The van der Waals surface area contributed by atoms with Crippen molar-refractivity contribution in [2.45, 2.75) is 25.7 Å². The molecule has 0 spiro atoms. The number of aromatic nitrogens is 4. The Morgan fingerprint density at radius 3 is 2.97 bits per heavy atom. The Hall–Kier alpha value is -2.74. The first kappa shape index (κ1) is 18.3. The maximum Gasteiger partial charge on any atom is 0.227 e. The molecule has 4 heterocycles. The fourth-order valence-electron chi connectivity index (χ4n) is 4.61. The Balaban J connectivity index is 1.34. The molecular formula is C21H26FN7. The number of fused-ring (bicyclic) bond motifs is 1. The van der Waals surface area contributed by atoms with Gasteiger partial charge in [-0.2, -0.15) is 10.1 Å². The number of hydrogen-bond donors (Lipinski definition) is 3. The second-order valence-corrected chi connectivity index (χ2v) is 8.12. The van der Waals surface area contributed by atoms with Crippen molar-refractivity contribution >= 4 is 28.4 Å². The first-order chi connectivity index (χ1) is 14.3. The van der Waals surface area contributed by atoms with Crippen LogP contribution in [-0.4, -0.2) is 46.3 Å². The predicted octanol–water partition coefficient (Wildman–Crippen LogP) is 3.45. The van der Waals surface area contributed by atoms with Gasteiger partial charge in [-0.05, 0) is 68.8 Å². The van der Waals surface area contributed by atoms with Gasteiger partial charge >= 0.3 is 0 Å². The van der Waals surface area contributed by atoms with E-state index in [0.717, 1.165) is 49.2 Å². The van der Waals surface area contributed by atoms with Crippen molar-refractivity contribution in [1.29, 1.82) is 0 Å². The Labute approximate surface area is 169 Å². The molecule has 2 atom stereocenters. The molecule has 0 radical (unpaired) electrons. The lowest BCUT2D eigenvalue weighted by atomic mass is 9.81. The third-order valence-electron chi connectivity index (χ3n) is 6.18. The lowest BCUT2D eigenvalue weighted by molar-refractivity contribution is 0.233. The molecule has 0 amide bonds. The summed E-state index contributed by atoms with van der Waals surface area (Å²) in [5.41, 5.74) is 1.71. The number of H-pyrrole nitrogens is 1. The van der Waals surface area contributed by atoms with Crippen LogP contribution in [0.15, 0.2) is 30.6 Å². The van der Waals surface area contributed by atoms with E-state index in [1.807, 2.05) is 18.2 Å². The van der Waals surface area contributed by atoms with Crippen LogP contribution in [0.5, 0.6) is 0 Å². The number of rotatable bonds is 4. The van der Waals surface area contributed by atoms with E-state index in [1.165, 1.54) is 25.5 Å². The Bertz CT molecular complexity index is 982. The third kappa shape index (κ3) is 3.89. The van der Waals surface area contributed by atoms with E-state index in [0.29, 0.717) is 17.8 Å². The van der Waals surface area contributed by atoms with Gasteiger partial charge in [0.2, 0.25) is 5.95 Å². The smallest absolute Gasteiger partial charge is 0.227 e. The van der Waals surface area contributed by atoms with Crippen molar-refractivity contribution in [1.82, 2.24) is 25.5 Å². The van der Waals surface area contributed by atoms with Gasteiger partial charge in [0, 0.05) is 24.2 Å². The molecular weight excluding hydrogens is 369 g/mol. The molecule has 0 aliphatic carbocycles. The highest BCUT2D eigenvalue weighted by Crippen LogP contribution is 2.30. The number of anilines is 3. The normalized spacial score (nSPS) is 22.7. The minimum absolute atomic E-state index is 0.208. The molecule has 29 heavy (non-hydrogen) atoms. The zero-order valence-electron chi connectivity index (χ0n) is 16.4. The summed E-state index contributed by atoms with van der Waals surface area (Å²) in [6.45, 7) is 4.10. The van der Waals surface area contributed by atoms with Gasteiger partial charge < -0.3 is 15.5 Å². The monoisotopic (exact) mass is 395 g/mol. The van der Waals surface area contributed by atoms with Gasteiger partial charge in [0.1, 0.15) is 0 Å². The summed E-state index contributed by atoms with van der Waals surface area (Å²) in [5.74, 6) is 1.72. The van der Waals surface area contributed by atoms with Crippen molar-refractivity contribution in [3.05, 3.63) is 36.4 Å². The molecule has 1 aromatic carbocycles. The van der Waals surface area contributed by atoms with Crippen molar-refractivity contribution in [3.63, 3.8) is 0 Å². The highest BCUT2D eigenvalue weighted by molar-refractivity contribution is 5.82. The molecule has 2 unspecified atom stereocenters. The summed E-state index contributed by atoms with van der Waals surface area (Å²) >= 11 is 0. The van der Waals surface area contributed by atoms with Crippen LogP contribution in [0.3, 0.4) is 0 Å². The van der Waals surface area contributed by atoms with Crippen LogP contribution in [0.4, 0.5) is 21.8 Å². The second-order valence-electron chi connectivity index (χ2n) is 8.12. The van der Waals surface area contributed by atoms with Crippen LogP contribution in [0.25, 0.3) is 10.9 Å². The van der Waals surface area contributed by atoms with E-state index < -0.39 is 5.82 Å². The molecule has 2 aliphatic rings. The number of aromatic amines is 1. The lowest BCUT2D eigenvalue weighted by Gasteiger charge is -2.38. The van der Waals surface area contributed by atoms with Crippen LogP contribution < -0.4 is 15.5 Å². The third-order valence-corrected chi connectivity index (χ3v) is 6.18. The molecule has 8 heteroatoms. The topological polar surface area (TPSA) is 81.8 Å². The highest BCUT2D eigenvalue weighted by atomic mass is 19.1. The van der Waals surface area contributed by atoms with Crippen LogP contribution in [0.1, 0.15) is 25.7 Å². The van der Waals surface area contributed by atoms with Gasteiger partial charge in [-0.15, -0.1) is 0 Å². The van der Waals surface area contributed by atoms with Crippen molar-refractivity contribution < 1.29 is 4.39 Å². The molecule has 5 rings (SSSR count). The van der Waals surface area contributed by atoms with E-state index in [1.54, 1.807) is 6.20 Å². The first-order valence-electron chi connectivity index (χ1n) is 10.4. The fourth-order valence-corrected chi connectivity index (χ4v) is 4.61. The quantitative estimate of drug-likeness (QED) is 0.628. The summed E-state index contributed by atoms with van der Waals surface area (Å²) in [6.07, 6.45) is 7.94. The zero-order valence-corrected chi connectivity index (χ0v) is 16.4. The minimum Gasteiger partial charge on any atom is -0.340 e.